The lowest BCUT2D eigenvalue weighted by Crippen LogP contribution is -2.16. The summed E-state index contributed by atoms with van der Waals surface area (Å²) in [6, 6.07) is 21.9. The molecular formula is C29H26N2O4S. The number of para-hydroxylation sites is 1. The fourth-order valence-corrected chi connectivity index (χ4v) is 6.43. The molecule has 1 aromatic heterocycles. The second-order valence-electron chi connectivity index (χ2n) is 9.03. The van der Waals surface area contributed by atoms with Gasteiger partial charge in [0, 0.05) is 21.8 Å². The zero-order valence-electron chi connectivity index (χ0n) is 20.5. The predicted octanol–water partition coefficient (Wildman–Crippen LogP) is 6.87. The summed E-state index contributed by atoms with van der Waals surface area (Å²) in [6.07, 6.45) is 0. The van der Waals surface area contributed by atoms with Crippen LogP contribution < -0.4 is 10.0 Å². The molecule has 0 unspecified atom stereocenters. The van der Waals surface area contributed by atoms with E-state index in [9.17, 15) is 13.2 Å². The van der Waals surface area contributed by atoms with Crippen molar-refractivity contribution in [2.45, 2.75) is 32.6 Å². The monoisotopic (exact) mass is 498 g/mol. The van der Waals surface area contributed by atoms with Gasteiger partial charge < -0.3 is 9.73 Å². The number of sulfonamides is 1. The van der Waals surface area contributed by atoms with E-state index in [0.29, 0.717) is 55.6 Å². The second kappa shape index (κ2) is 8.84. The minimum absolute atomic E-state index is 0.252. The number of amides is 1. The number of fused-ring (bicyclic) bond motifs is 3. The standard InChI is InChI=1S/C29H26N2O4S/c1-17-14-18(2)28(19(3)15-17)36(33,34)31-25-16-24-26(29(32)30-21-10-6-5-7-11-21)20(4)35-27(24)23-13-9-8-12-22(23)25/h5-16,31H,1-4H3,(H,30,32). The fourth-order valence-electron chi connectivity index (χ4n) is 4.91. The van der Waals surface area contributed by atoms with Crippen molar-refractivity contribution in [3.05, 3.63) is 101 Å². The van der Waals surface area contributed by atoms with Crippen LogP contribution in [0.25, 0.3) is 21.7 Å². The van der Waals surface area contributed by atoms with E-state index in [0.717, 1.165) is 5.56 Å². The molecule has 7 heteroatoms. The molecule has 0 spiro atoms. The number of aryl methyl sites for hydroxylation is 4. The minimum atomic E-state index is -3.91. The van der Waals surface area contributed by atoms with Crippen molar-refractivity contribution in [2.75, 3.05) is 10.0 Å². The molecule has 6 nitrogen and oxygen atoms in total. The van der Waals surface area contributed by atoms with Gasteiger partial charge in [-0.2, -0.15) is 0 Å². The van der Waals surface area contributed by atoms with Gasteiger partial charge in [0.2, 0.25) is 0 Å². The summed E-state index contributed by atoms with van der Waals surface area (Å²) in [7, 11) is -3.91. The van der Waals surface area contributed by atoms with Crippen molar-refractivity contribution in [1.82, 2.24) is 0 Å². The van der Waals surface area contributed by atoms with E-state index in [4.69, 9.17) is 4.42 Å². The molecule has 5 rings (SSSR count). The van der Waals surface area contributed by atoms with Crippen molar-refractivity contribution >= 4 is 49.0 Å². The predicted molar refractivity (Wildman–Crippen MR) is 144 cm³/mol. The summed E-state index contributed by atoms with van der Waals surface area (Å²) >= 11 is 0. The minimum Gasteiger partial charge on any atom is -0.460 e. The molecule has 0 saturated heterocycles. The highest BCUT2D eigenvalue weighted by atomic mass is 32.2. The average Bonchev–Trinajstić information content (AvgIpc) is 3.14. The molecule has 4 aromatic carbocycles. The van der Waals surface area contributed by atoms with Crippen LogP contribution in [0.15, 0.2) is 82.1 Å². The summed E-state index contributed by atoms with van der Waals surface area (Å²) < 4.78 is 36.0. The van der Waals surface area contributed by atoms with Crippen LogP contribution in [0.1, 0.15) is 32.8 Å². The normalized spacial score (nSPS) is 11.7. The van der Waals surface area contributed by atoms with Crippen molar-refractivity contribution < 1.29 is 17.6 Å². The van der Waals surface area contributed by atoms with E-state index in [2.05, 4.69) is 10.0 Å². The fraction of sp³-hybridized carbons (Fsp3) is 0.138. The first-order valence-electron chi connectivity index (χ1n) is 11.6. The van der Waals surface area contributed by atoms with Crippen molar-refractivity contribution in [3.63, 3.8) is 0 Å². The summed E-state index contributed by atoms with van der Waals surface area (Å²) in [6.45, 7) is 7.26. The van der Waals surface area contributed by atoms with Crippen LogP contribution in [0.3, 0.4) is 0 Å². The van der Waals surface area contributed by atoms with E-state index < -0.39 is 10.0 Å². The highest BCUT2D eigenvalue weighted by Crippen LogP contribution is 2.38. The lowest BCUT2D eigenvalue weighted by atomic mass is 10.0. The Labute approximate surface area is 210 Å². The van der Waals surface area contributed by atoms with E-state index in [1.54, 1.807) is 39.0 Å². The zero-order valence-corrected chi connectivity index (χ0v) is 21.3. The molecule has 0 fully saturated rings. The molecule has 2 N–H and O–H groups in total. The number of hydrogen-bond donors (Lipinski definition) is 2. The summed E-state index contributed by atoms with van der Waals surface area (Å²) in [5.74, 6) is 0.126. The number of anilines is 2. The number of furan rings is 1. The first kappa shape index (κ1) is 23.6. The maximum Gasteiger partial charge on any atom is 0.262 e. The lowest BCUT2D eigenvalue weighted by molar-refractivity contribution is 0.102. The van der Waals surface area contributed by atoms with Gasteiger partial charge in [-0.05, 0) is 57.0 Å². The van der Waals surface area contributed by atoms with E-state index in [1.165, 1.54) is 0 Å². The zero-order chi connectivity index (χ0) is 25.6. The topological polar surface area (TPSA) is 88.4 Å². The van der Waals surface area contributed by atoms with Gasteiger partial charge in [-0.1, -0.05) is 60.2 Å². The third-order valence-corrected chi connectivity index (χ3v) is 7.92. The van der Waals surface area contributed by atoms with E-state index in [-0.39, 0.29) is 10.8 Å². The quantitative estimate of drug-likeness (QED) is 0.277. The summed E-state index contributed by atoms with van der Waals surface area (Å²) in [4.78, 5) is 13.5. The number of nitrogens with one attached hydrogen (secondary N) is 2. The highest BCUT2D eigenvalue weighted by Gasteiger charge is 2.25. The van der Waals surface area contributed by atoms with Gasteiger partial charge in [0.25, 0.3) is 15.9 Å². The molecule has 0 radical (unpaired) electrons. The summed E-state index contributed by atoms with van der Waals surface area (Å²) in [5, 5.41) is 4.83. The van der Waals surface area contributed by atoms with Gasteiger partial charge in [-0.3, -0.25) is 9.52 Å². The Morgan fingerprint density at radius 1 is 0.778 bits per heavy atom. The van der Waals surface area contributed by atoms with Gasteiger partial charge in [0.05, 0.1) is 16.1 Å². The molecular weight excluding hydrogens is 472 g/mol. The number of carbonyl (C=O) groups is 1. The third-order valence-electron chi connectivity index (χ3n) is 6.25. The molecule has 5 aromatic rings. The molecule has 1 amide bonds. The molecule has 0 aliphatic heterocycles. The second-order valence-corrected chi connectivity index (χ2v) is 10.7. The number of rotatable bonds is 5. The molecule has 36 heavy (non-hydrogen) atoms. The van der Waals surface area contributed by atoms with Gasteiger partial charge >= 0.3 is 0 Å². The van der Waals surface area contributed by atoms with Gasteiger partial charge in [-0.25, -0.2) is 8.42 Å². The molecule has 1 heterocycles. The Hall–Kier alpha value is -4.10. The Morgan fingerprint density at radius 2 is 1.39 bits per heavy atom. The van der Waals surface area contributed by atoms with Crippen molar-refractivity contribution in [3.8, 4) is 0 Å². The Morgan fingerprint density at radius 3 is 2.06 bits per heavy atom. The highest BCUT2D eigenvalue weighted by molar-refractivity contribution is 7.92. The van der Waals surface area contributed by atoms with Crippen LogP contribution in [0.4, 0.5) is 11.4 Å². The third kappa shape index (κ3) is 4.12. The SMILES string of the molecule is Cc1cc(C)c(S(=O)(=O)Nc2cc3c(C(=O)Nc4ccccc4)c(C)oc3c3ccccc23)c(C)c1. The van der Waals surface area contributed by atoms with Gasteiger partial charge in [0.15, 0.2) is 0 Å². The maximum atomic E-state index is 13.6. The number of hydrogen-bond acceptors (Lipinski definition) is 4. The van der Waals surface area contributed by atoms with E-state index >= 15 is 0 Å². The van der Waals surface area contributed by atoms with Gasteiger partial charge in [0.1, 0.15) is 11.3 Å². The van der Waals surface area contributed by atoms with Crippen molar-refractivity contribution in [2.24, 2.45) is 0 Å². The average molecular weight is 499 g/mol. The van der Waals surface area contributed by atoms with E-state index in [1.807, 2.05) is 61.5 Å². The smallest absolute Gasteiger partial charge is 0.262 e. The lowest BCUT2D eigenvalue weighted by Gasteiger charge is -2.15. The molecule has 0 saturated carbocycles. The maximum absolute atomic E-state index is 13.6. The van der Waals surface area contributed by atoms with Crippen molar-refractivity contribution in [1.29, 1.82) is 0 Å². The van der Waals surface area contributed by atoms with Crippen LogP contribution >= 0.6 is 0 Å². The molecule has 0 aliphatic carbocycles. The first-order valence-corrected chi connectivity index (χ1v) is 13.1. The first-order chi connectivity index (χ1) is 17.2. The Kier molecular flexibility index (Phi) is 5.80. The largest absolute Gasteiger partial charge is 0.460 e. The molecule has 0 aliphatic rings. The number of carbonyl (C=O) groups excluding carboxylic acids is 1. The van der Waals surface area contributed by atoms with Crippen LogP contribution in [0.2, 0.25) is 0 Å². The Balaban J connectivity index is 1.68. The van der Waals surface area contributed by atoms with Gasteiger partial charge in [-0.15, -0.1) is 0 Å². The number of benzene rings is 4. The molecule has 182 valence electrons. The van der Waals surface area contributed by atoms with Crippen LogP contribution in [0, 0.1) is 27.7 Å². The van der Waals surface area contributed by atoms with Crippen LogP contribution in [0.5, 0.6) is 0 Å². The Bertz CT molecular complexity index is 1730. The molecule has 0 bridgehead atoms. The van der Waals surface area contributed by atoms with Crippen LogP contribution in [-0.4, -0.2) is 14.3 Å². The van der Waals surface area contributed by atoms with Crippen LogP contribution in [-0.2, 0) is 10.0 Å². The molecule has 0 atom stereocenters. The summed E-state index contributed by atoms with van der Waals surface area (Å²) in [5.41, 5.74) is 4.28.